The van der Waals surface area contributed by atoms with Crippen molar-refractivity contribution in [3.8, 4) is 0 Å². The van der Waals surface area contributed by atoms with E-state index in [1.54, 1.807) is 30.2 Å². The third-order valence-corrected chi connectivity index (χ3v) is 5.30. The highest BCUT2D eigenvalue weighted by atomic mass is 32.2. The van der Waals surface area contributed by atoms with Crippen LogP contribution in [0.1, 0.15) is 25.3 Å². The molecule has 1 amide bonds. The number of anilines is 1. The van der Waals surface area contributed by atoms with Crippen molar-refractivity contribution in [3.05, 3.63) is 18.5 Å². The molecule has 0 bridgehead atoms. The van der Waals surface area contributed by atoms with Crippen LogP contribution in [-0.4, -0.2) is 72.9 Å². The maximum absolute atomic E-state index is 12.4. The summed E-state index contributed by atoms with van der Waals surface area (Å²) in [6.45, 7) is 2.95. The van der Waals surface area contributed by atoms with Gasteiger partial charge in [0, 0.05) is 50.7 Å². The molecular weight excluding hydrogens is 340 g/mol. The molecule has 2 aromatic heterocycles. The number of tetrazole rings is 1. The molecule has 0 radical (unpaired) electrons. The number of nitrogens with zero attached hydrogens (tertiary/aromatic N) is 8. The van der Waals surface area contributed by atoms with E-state index in [0.29, 0.717) is 31.3 Å². The van der Waals surface area contributed by atoms with E-state index in [4.69, 9.17) is 0 Å². The standard InChI is InChI=1S/C15H20N8OS/c24-13(4-11-25-15-18-19-20-23(15)12-2-3-12)21-7-9-22(10-8-21)14-16-5-1-6-17-14/h1,5-6,12H,2-4,7-11H2. The normalized spacial score (nSPS) is 17.8. The van der Waals surface area contributed by atoms with Gasteiger partial charge in [0.15, 0.2) is 0 Å². The van der Waals surface area contributed by atoms with E-state index in [9.17, 15) is 4.79 Å². The second-order valence-corrected chi connectivity index (χ2v) is 7.21. The Labute approximate surface area is 149 Å². The first-order valence-electron chi connectivity index (χ1n) is 8.51. The molecule has 0 spiro atoms. The second-order valence-electron chi connectivity index (χ2n) is 6.15. The summed E-state index contributed by atoms with van der Waals surface area (Å²) in [7, 11) is 0. The Hall–Kier alpha value is -2.23. The summed E-state index contributed by atoms with van der Waals surface area (Å²) in [6, 6.07) is 2.27. The van der Waals surface area contributed by atoms with Crippen LogP contribution in [0.3, 0.4) is 0 Å². The second kappa shape index (κ2) is 7.34. The maximum Gasteiger partial charge on any atom is 0.225 e. The highest BCUT2D eigenvalue weighted by molar-refractivity contribution is 7.99. The summed E-state index contributed by atoms with van der Waals surface area (Å²) < 4.78 is 1.88. The van der Waals surface area contributed by atoms with E-state index in [1.807, 2.05) is 9.58 Å². The van der Waals surface area contributed by atoms with Crippen LogP contribution in [0.5, 0.6) is 0 Å². The number of hydrogen-bond donors (Lipinski definition) is 0. The molecule has 9 nitrogen and oxygen atoms in total. The van der Waals surface area contributed by atoms with Gasteiger partial charge in [-0.2, -0.15) is 0 Å². The van der Waals surface area contributed by atoms with Crippen molar-refractivity contribution in [2.24, 2.45) is 0 Å². The Balaban J connectivity index is 1.22. The molecule has 1 aliphatic carbocycles. The molecule has 2 aromatic rings. The summed E-state index contributed by atoms with van der Waals surface area (Å²) in [5.41, 5.74) is 0. The highest BCUT2D eigenvalue weighted by Crippen LogP contribution is 2.36. The third-order valence-electron chi connectivity index (χ3n) is 4.37. The average molecular weight is 360 g/mol. The number of piperazine rings is 1. The number of hydrogen-bond acceptors (Lipinski definition) is 8. The molecule has 2 aliphatic rings. The molecule has 25 heavy (non-hydrogen) atoms. The molecule has 0 N–H and O–H groups in total. The smallest absolute Gasteiger partial charge is 0.225 e. The fraction of sp³-hybridized carbons (Fsp3) is 0.600. The minimum atomic E-state index is 0.187. The van der Waals surface area contributed by atoms with Crippen LogP contribution in [0.4, 0.5) is 5.95 Å². The van der Waals surface area contributed by atoms with Gasteiger partial charge in [0.1, 0.15) is 0 Å². The van der Waals surface area contributed by atoms with E-state index >= 15 is 0 Å². The molecule has 0 aromatic carbocycles. The third kappa shape index (κ3) is 3.89. The summed E-state index contributed by atoms with van der Waals surface area (Å²) in [4.78, 5) is 25.0. The van der Waals surface area contributed by atoms with Crippen LogP contribution in [0.2, 0.25) is 0 Å². The van der Waals surface area contributed by atoms with Crippen molar-refractivity contribution >= 4 is 23.6 Å². The van der Waals surface area contributed by atoms with Gasteiger partial charge in [0.25, 0.3) is 0 Å². The minimum absolute atomic E-state index is 0.187. The lowest BCUT2D eigenvalue weighted by Gasteiger charge is -2.34. The molecule has 132 valence electrons. The predicted molar refractivity (Wildman–Crippen MR) is 92.3 cm³/mol. The molecule has 0 atom stereocenters. The summed E-state index contributed by atoms with van der Waals surface area (Å²) in [5.74, 6) is 1.62. The molecule has 10 heteroatoms. The number of thioether (sulfide) groups is 1. The molecule has 3 heterocycles. The van der Waals surface area contributed by atoms with Crippen LogP contribution in [-0.2, 0) is 4.79 Å². The quantitative estimate of drug-likeness (QED) is 0.693. The first-order valence-corrected chi connectivity index (χ1v) is 9.50. The molecule has 0 unspecified atom stereocenters. The van der Waals surface area contributed by atoms with E-state index < -0.39 is 0 Å². The Morgan fingerprint density at radius 2 is 1.92 bits per heavy atom. The van der Waals surface area contributed by atoms with Crippen molar-refractivity contribution < 1.29 is 4.79 Å². The Kier molecular flexibility index (Phi) is 4.77. The lowest BCUT2D eigenvalue weighted by atomic mass is 10.3. The number of aromatic nitrogens is 6. The van der Waals surface area contributed by atoms with Gasteiger partial charge in [0.05, 0.1) is 6.04 Å². The fourth-order valence-electron chi connectivity index (χ4n) is 2.83. The van der Waals surface area contributed by atoms with Crippen molar-refractivity contribution in [1.29, 1.82) is 0 Å². The number of amides is 1. The van der Waals surface area contributed by atoms with Gasteiger partial charge in [-0.05, 0) is 29.3 Å². The minimum Gasteiger partial charge on any atom is -0.339 e. The molecule has 1 saturated carbocycles. The largest absolute Gasteiger partial charge is 0.339 e. The van der Waals surface area contributed by atoms with Crippen LogP contribution >= 0.6 is 11.8 Å². The van der Waals surface area contributed by atoms with E-state index in [1.165, 1.54) is 0 Å². The zero-order valence-corrected chi connectivity index (χ0v) is 14.7. The average Bonchev–Trinajstić information content (AvgIpc) is 3.41. The Bertz CT molecular complexity index is 711. The van der Waals surface area contributed by atoms with Crippen molar-refractivity contribution in [2.75, 3.05) is 36.8 Å². The number of carbonyl (C=O) groups is 1. The van der Waals surface area contributed by atoms with Crippen molar-refractivity contribution in [1.82, 2.24) is 35.1 Å². The van der Waals surface area contributed by atoms with Crippen molar-refractivity contribution in [2.45, 2.75) is 30.5 Å². The van der Waals surface area contributed by atoms with Gasteiger partial charge in [-0.1, -0.05) is 11.8 Å². The van der Waals surface area contributed by atoms with Crippen molar-refractivity contribution in [3.63, 3.8) is 0 Å². The van der Waals surface area contributed by atoms with Crippen LogP contribution in [0, 0.1) is 0 Å². The van der Waals surface area contributed by atoms with Gasteiger partial charge in [-0.15, -0.1) is 5.10 Å². The predicted octanol–water partition coefficient (Wildman–Crippen LogP) is 0.629. The maximum atomic E-state index is 12.4. The van der Waals surface area contributed by atoms with Crippen LogP contribution in [0.15, 0.2) is 23.6 Å². The SMILES string of the molecule is O=C(CCSc1nnnn1C1CC1)N1CCN(c2ncccn2)CC1. The molecule has 4 rings (SSSR count). The first kappa shape index (κ1) is 16.2. The zero-order chi connectivity index (χ0) is 17.1. The number of rotatable bonds is 6. The first-order chi connectivity index (χ1) is 12.3. The van der Waals surface area contributed by atoms with E-state index in [0.717, 1.165) is 37.0 Å². The van der Waals surface area contributed by atoms with Crippen LogP contribution < -0.4 is 4.90 Å². The summed E-state index contributed by atoms with van der Waals surface area (Å²) >= 11 is 1.56. The van der Waals surface area contributed by atoms with E-state index in [2.05, 4.69) is 30.4 Å². The van der Waals surface area contributed by atoms with Gasteiger partial charge in [-0.25, -0.2) is 14.6 Å². The number of carbonyl (C=O) groups excluding carboxylic acids is 1. The summed E-state index contributed by atoms with van der Waals surface area (Å²) in [6.07, 6.45) is 6.28. The van der Waals surface area contributed by atoms with Gasteiger partial charge >= 0.3 is 0 Å². The Morgan fingerprint density at radius 3 is 2.64 bits per heavy atom. The van der Waals surface area contributed by atoms with Crippen LogP contribution in [0.25, 0.3) is 0 Å². The fourth-order valence-corrected chi connectivity index (χ4v) is 3.70. The van der Waals surface area contributed by atoms with Gasteiger partial charge < -0.3 is 9.80 Å². The zero-order valence-electron chi connectivity index (χ0n) is 13.9. The molecule has 1 saturated heterocycles. The molecule has 1 aliphatic heterocycles. The molecular formula is C15H20N8OS. The monoisotopic (exact) mass is 360 g/mol. The Morgan fingerprint density at radius 1 is 1.16 bits per heavy atom. The molecule has 2 fully saturated rings. The summed E-state index contributed by atoms with van der Waals surface area (Å²) in [5, 5.41) is 12.6. The highest BCUT2D eigenvalue weighted by Gasteiger charge is 2.28. The van der Waals surface area contributed by atoms with Gasteiger partial charge in [-0.3, -0.25) is 4.79 Å². The van der Waals surface area contributed by atoms with Gasteiger partial charge in [0.2, 0.25) is 17.0 Å². The topological polar surface area (TPSA) is 92.9 Å². The lowest BCUT2D eigenvalue weighted by Crippen LogP contribution is -2.49. The van der Waals surface area contributed by atoms with E-state index in [-0.39, 0.29) is 5.91 Å². The lowest BCUT2D eigenvalue weighted by molar-refractivity contribution is -0.131.